The van der Waals surface area contributed by atoms with Gasteiger partial charge in [-0.15, -0.1) is 0 Å². The molecule has 2 aliphatic rings. The molecule has 0 unspecified atom stereocenters. The van der Waals surface area contributed by atoms with Crippen molar-refractivity contribution in [2.24, 2.45) is 5.92 Å². The fourth-order valence-electron chi connectivity index (χ4n) is 4.03. The highest BCUT2D eigenvalue weighted by atomic mass is 16.6. The third kappa shape index (κ3) is 6.71. The fraction of sp³-hybridized carbons (Fsp3) is 0.652. The van der Waals surface area contributed by atoms with E-state index in [4.69, 9.17) is 9.47 Å². The number of benzene rings is 1. The first kappa shape index (κ1) is 22.6. The molecule has 0 aromatic heterocycles. The summed E-state index contributed by atoms with van der Waals surface area (Å²) in [6.45, 7) is 11.0. The van der Waals surface area contributed by atoms with Crippen LogP contribution in [-0.4, -0.2) is 68.4 Å². The van der Waals surface area contributed by atoms with Crippen LogP contribution in [0.4, 0.5) is 4.79 Å². The number of likely N-dealkylation sites (tertiary alicyclic amines) is 1. The number of morpholine rings is 1. The van der Waals surface area contributed by atoms with Crippen LogP contribution in [0.2, 0.25) is 0 Å². The largest absolute Gasteiger partial charge is 0.444 e. The molecular formula is C23H36N3O4+. The highest BCUT2D eigenvalue weighted by molar-refractivity contribution is 5.79. The van der Waals surface area contributed by atoms with Gasteiger partial charge in [-0.1, -0.05) is 30.3 Å². The number of hydrogen-bond acceptors (Lipinski definition) is 4. The van der Waals surface area contributed by atoms with E-state index in [9.17, 15) is 9.59 Å². The Labute approximate surface area is 179 Å². The van der Waals surface area contributed by atoms with Crippen LogP contribution < -0.4 is 10.2 Å². The smallest absolute Gasteiger partial charge is 0.410 e. The molecule has 1 aromatic carbocycles. The van der Waals surface area contributed by atoms with Crippen molar-refractivity contribution in [1.29, 1.82) is 0 Å². The van der Waals surface area contributed by atoms with Crippen LogP contribution in [0.1, 0.15) is 45.2 Å². The van der Waals surface area contributed by atoms with Crippen LogP contribution in [-0.2, 0) is 14.3 Å². The minimum atomic E-state index is -0.504. The molecule has 166 valence electrons. The Morgan fingerprint density at radius 2 is 1.80 bits per heavy atom. The van der Waals surface area contributed by atoms with E-state index in [1.807, 2.05) is 39.0 Å². The second-order valence-corrected chi connectivity index (χ2v) is 9.28. The zero-order valence-corrected chi connectivity index (χ0v) is 18.5. The standard InChI is InChI=1S/C23H35N3O4/c1-23(2,3)30-22(28)26-11-9-19(10-12-26)21(27)24-20(18-7-5-4-6-8-18)17-25-13-15-29-16-14-25/h4-8,19-20H,9-17H2,1-3H3,(H,24,27)/p+1/t20-/m1/s1. The molecule has 0 aliphatic carbocycles. The third-order valence-electron chi connectivity index (χ3n) is 5.73. The Hall–Kier alpha value is -2.12. The van der Waals surface area contributed by atoms with Crippen LogP contribution in [0.5, 0.6) is 0 Å². The predicted molar refractivity (Wildman–Crippen MR) is 114 cm³/mol. The Morgan fingerprint density at radius 1 is 1.17 bits per heavy atom. The number of piperidine rings is 1. The van der Waals surface area contributed by atoms with E-state index < -0.39 is 5.60 Å². The Balaban J connectivity index is 1.56. The second kappa shape index (κ2) is 10.3. The molecule has 2 N–H and O–H groups in total. The molecule has 7 heteroatoms. The van der Waals surface area contributed by atoms with Crippen molar-refractivity contribution in [2.45, 2.75) is 45.3 Å². The summed E-state index contributed by atoms with van der Waals surface area (Å²) in [6, 6.07) is 10.2. The van der Waals surface area contributed by atoms with Gasteiger partial charge in [0.25, 0.3) is 0 Å². The van der Waals surface area contributed by atoms with Crippen molar-refractivity contribution in [3.05, 3.63) is 35.9 Å². The summed E-state index contributed by atoms with van der Waals surface area (Å²) in [4.78, 5) is 28.5. The maximum Gasteiger partial charge on any atom is 0.410 e. The van der Waals surface area contributed by atoms with Crippen LogP contribution >= 0.6 is 0 Å². The number of amides is 2. The van der Waals surface area contributed by atoms with Crippen molar-refractivity contribution in [3.8, 4) is 0 Å². The van der Waals surface area contributed by atoms with Gasteiger partial charge in [-0.05, 0) is 39.2 Å². The van der Waals surface area contributed by atoms with Crippen molar-refractivity contribution < 1.29 is 24.0 Å². The van der Waals surface area contributed by atoms with Crippen molar-refractivity contribution >= 4 is 12.0 Å². The lowest BCUT2D eigenvalue weighted by molar-refractivity contribution is -0.909. The molecule has 2 aliphatic heterocycles. The normalized spacial score (nSPS) is 19.9. The number of carbonyl (C=O) groups is 2. The summed E-state index contributed by atoms with van der Waals surface area (Å²) in [5, 5.41) is 3.30. The first-order valence-corrected chi connectivity index (χ1v) is 11.1. The number of carbonyl (C=O) groups excluding carboxylic acids is 2. The molecule has 1 aromatic rings. The molecule has 0 saturated carbocycles. The maximum atomic E-state index is 13.0. The van der Waals surface area contributed by atoms with Crippen LogP contribution in [0.15, 0.2) is 30.3 Å². The molecule has 0 radical (unpaired) electrons. The van der Waals surface area contributed by atoms with Crippen LogP contribution in [0, 0.1) is 5.92 Å². The first-order valence-electron chi connectivity index (χ1n) is 11.1. The van der Waals surface area contributed by atoms with E-state index in [2.05, 4.69) is 17.4 Å². The van der Waals surface area contributed by atoms with Crippen LogP contribution in [0.25, 0.3) is 0 Å². The number of hydrogen-bond donors (Lipinski definition) is 2. The number of quaternary nitrogens is 1. The molecule has 30 heavy (non-hydrogen) atoms. The van der Waals surface area contributed by atoms with Gasteiger partial charge >= 0.3 is 6.09 Å². The highest BCUT2D eigenvalue weighted by Crippen LogP contribution is 2.21. The van der Waals surface area contributed by atoms with Gasteiger partial charge in [0, 0.05) is 19.0 Å². The molecule has 0 spiro atoms. The second-order valence-electron chi connectivity index (χ2n) is 9.28. The molecule has 0 bridgehead atoms. The molecule has 2 fully saturated rings. The summed E-state index contributed by atoms with van der Waals surface area (Å²) in [7, 11) is 0. The summed E-state index contributed by atoms with van der Waals surface area (Å²) in [6.07, 6.45) is 1.04. The monoisotopic (exact) mass is 418 g/mol. The molecule has 7 nitrogen and oxygen atoms in total. The number of rotatable bonds is 5. The topological polar surface area (TPSA) is 72.3 Å². The van der Waals surface area contributed by atoms with E-state index in [1.165, 1.54) is 4.90 Å². The van der Waals surface area contributed by atoms with E-state index in [1.54, 1.807) is 4.90 Å². The third-order valence-corrected chi connectivity index (χ3v) is 5.73. The van der Waals surface area contributed by atoms with Gasteiger partial charge in [-0.3, -0.25) is 4.79 Å². The van der Waals surface area contributed by atoms with E-state index >= 15 is 0 Å². The predicted octanol–water partition coefficient (Wildman–Crippen LogP) is 1.41. The van der Waals surface area contributed by atoms with Crippen molar-refractivity contribution in [2.75, 3.05) is 45.9 Å². The number of nitrogens with one attached hydrogen (secondary N) is 2. The summed E-state index contributed by atoms with van der Waals surface area (Å²) in [5.74, 6) is 0.00920. The average molecular weight is 419 g/mol. The quantitative estimate of drug-likeness (QED) is 0.758. The summed E-state index contributed by atoms with van der Waals surface area (Å²) >= 11 is 0. The lowest BCUT2D eigenvalue weighted by Crippen LogP contribution is -3.14. The summed E-state index contributed by atoms with van der Waals surface area (Å²) in [5.41, 5.74) is 0.631. The lowest BCUT2D eigenvalue weighted by atomic mass is 9.95. The van der Waals surface area contributed by atoms with Crippen molar-refractivity contribution in [3.63, 3.8) is 0 Å². The zero-order valence-electron chi connectivity index (χ0n) is 18.5. The van der Waals surface area contributed by atoms with Gasteiger partial charge in [0.05, 0.1) is 13.2 Å². The Morgan fingerprint density at radius 3 is 2.40 bits per heavy atom. The Bertz CT molecular complexity index is 690. The average Bonchev–Trinajstić information content (AvgIpc) is 2.73. The Kier molecular flexibility index (Phi) is 7.72. The SMILES string of the molecule is CC(C)(C)OC(=O)N1CCC(C(=O)N[C@H](C[NH+]2CCOCC2)c2ccccc2)CC1. The van der Waals surface area contributed by atoms with E-state index in [0.29, 0.717) is 25.9 Å². The van der Waals surface area contributed by atoms with E-state index in [-0.39, 0.29) is 24.0 Å². The van der Waals surface area contributed by atoms with Crippen LogP contribution in [0.3, 0.4) is 0 Å². The first-order chi connectivity index (χ1) is 14.3. The molecular weight excluding hydrogens is 382 g/mol. The molecule has 2 amide bonds. The maximum absolute atomic E-state index is 13.0. The molecule has 2 heterocycles. The fourth-order valence-corrected chi connectivity index (χ4v) is 4.03. The van der Waals surface area contributed by atoms with Gasteiger partial charge in [0.2, 0.25) is 5.91 Å². The van der Waals surface area contributed by atoms with E-state index in [0.717, 1.165) is 38.4 Å². The van der Waals surface area contributed by atoms with Gasteiger partial charge in [-0.2, -0.15) is 0 Å². The summed E-state index contributed by atoms with van der Waals surface area (Å²) < 4.78 is 10.9. The van der Waals surface area contributed by atoms with Crippen molar-refractivity contribution in [1.82, 2.24) is 10.2 Å². The number of ether oxygens (including phenoxy) is 2. The van der Waals surface area contributed by atoms with Gasteiger partial charge in [0.15, 0.2) is 0 Å². The van der Waals surface area contributed by atoms with Gasteiger partial charge < -0.3 is 24.6 Å². The molecule has 2 saturated heterocycles. The number of nitrogens with zero attached hydrogens (tertiary/aromatic N) is 1. The lowest BCUT2D eigenvalue weighted by Gasteiger charge is -2.34. The molecule has 1 atom stereocenters. The minimum Gasteiger partial charge on any atom is -0.444 e. The van der Waals surface area contributed by atoms with Gasteiger partial charge in [-0.25, -0.2) is 4.79 Å². The highest BCUT2D eigenvalue weighted by Gasteiger charge is 2.32. The zero-order chi connectivity index (χ0) is 21.6. The molecule has 3 rings (SSSR count). The van der Waals surface area contributed by atoms with Gasteiger partial charge in [0.1, 0.15) is 31.3 Å². The minimum absolute atomic E-state index is 0.0179.